The van der Waals surface area contributed by atoms with Crippen molar-refractivity contribution in [1.82, 2.24) is 4.90 Å². The van der Waals surface area contributed by atoms with Crippen LogP contribution in [0.3, 0.4) is 0 Å². The number of aliphatic hydroxyl groups excluding tert-OH is 1. The third-order valence-corrected chi connectivity index (χ3v) is 2.74. The second-order valence-electron chi connectivity index (χ2n) is 3.83. The standard InChI is InChI=1S/C10H18N2O/c1-9(4-6-11)12-7-2-3-10(13)5-8-12/h9-10,13H,2-5,7-8H2,1H3. The van der Waals surface area contributed by atoms with E-state index in [1.807, 2.05) is 0 Å². The van der Waals surface area contributed by atoms with Crippen molar-refractivity contribution in [2.45, 2.75) is 44.8 Å². The predicted molar refractivity (Wildman–Crippen MR) is 51.1 cm³/mol. The SMILES string of the molecule is CC(CC#N)N1CCCC(O)CC1. The molecule has 74 valence electrons. The van der Waals surface area contributed by atoms with Gasteiger partial charge >= 0.3 is 0 Å². The molecule has 3 heteroatoms. The van der Waals surface area contributed by atoms with Crippen LogP contribution in [0.1, 0.15) is 32.6 Å². The van der Waals surface area contributed by atoms with Crippen molar-refractivity contribution >= 4 is 0 Å². The molecular formula is C10H18N2O. The van der Waals surface area contributed by atoms with Crippen LogP contribution < -0.4 is 0 Å². The maximum atomic E-state index is 9.43. The van der Waals surface area contributed by atoms with Crippen LogP contribution in [-0.2, 0) is 0 Å². The molecule has 0 aromatic carbocycles. The van der Waals surface area contributed by atoms with Crippen LogP contribution in [0.5, 0.6) is 0 Å². The van der Waals surface area contributed by atoms with Gasteiger partial charge in [0.1, 0.15) is 0 Å². The van der Waals surface area contributed by atoms with Gasteiger partial charge in [-0.05, 0) is 32.7 Å². The number of likely N-dealkylation sites (tertiary alicyclic amines) is 1. The van der Waals surface area contributed by atoms with E-state index in [9.17, 15) is 5.11 Å². The molecular weight excluding hydrogens is 164 g/mol. The van der Waals surface area contributed by atoms with Crippen LogP contribution >= 0.6 is 0 Å². The molecule has 0 spiro atoms. The lowest BCUT2D eigenvalue weighted by atomic mass is 10.2. The lowest BCUT2D eigenvalue weighted by Crippen LogP contribution is -2.33. The Morgan fingerprint density at radius 2 is 2.31 bits per heavy atom. The minimum atomic E-state index is -0.126. The van der Waals surface area contributed by atoms with E-state index in [1.54, 1.807) is 0 Å². The molecule has 1 fully saturated rings. The molecule has 2 atom stereocenters. The Balaban J connectivity index is 2.37. The lowest BCUT2D eigenvalue weighted by molar-refractivity contribution is 0.150. The Labute approximate surface area is 80.0 Å². The van der Waals surface area contributed by atoms with E-state index in [4.69, 9.17) is 5.26 Å². The van der Waals surface area contributed by atoms with Gasteiger partial charge in [0.05, 0.1) is 18.6 Å². The zero-order chi connectivity index (χ0) is 9.68. The zero-order valence-electron chi connectivity index (χ0n) is 8.24. The van der Waals surface area contributed by atoms with E-state index in [-0.39, 0.29) is 6.10 Å². The van der Waals surface area contributed by atoms with E-state index in [0.29, 0.717) is 12.5 Å². The minimum absolute atomic E-state index is 0.126. The monoisotopic (exact) mass is 182 g/mol. The summed E-state index contributed by atoms with van der Waals surface area (Å²) >= 11 is 0. The van der Waals surface area contributed by atoms with E-state index in [2.05, 4.69) is 17.9 Å². The van der Waals surface area contributed by atoms with Gasteiger partial charge < -0.3 is 5.11 Å². The van der Waals surface area contributed by atoms with E-state index in [0.717, 1.165) is 32.4 Å². The number of nitriles is 1. The van der Waals surface area contributed by atoms with Crippen LogP contribution in [0, 0.1) is 11.3 Å². The van der Waals surface area contributed by atoms with Crippen LogP contribution in [0.15, 0.2) is 0 Å². The van der Waals surface area contributed by atoms with Crippen molar-refractivity contribution in [3.05, 3.63) is 0 Å². The van der Waals surface area contributed by atoms with Crippen LogP contribution in [-0.4, -0.2) is 35.2 Å². The number of rotatable bonds is 2. The summed E-state index contributed by atoms with van der Waals surface area (Å²) in [5.41, 5.74) is 0. The number of hydrogen-bond acceptors (Lipinski definition) is 3. The lowest BCUT2D eigenvalue weighted by Gasteiger charge is -2.25. The molecule has 0 amide bonds. The second-order valence-corrected chi connectivity index (χ2v) is 3.83. The molecule has 1 aliphatic rings. The smallest absolute Gasteiger partial charge is 0.0638 e. The molecule has 3 nitrogen and oxygen atoms in total. The Hall–Kier alpha value is -0.590. The van der Waals surface area contributed by atoms with Crippen LogP contribution in [0.2, 0.25) is 0 Å². The summed E-state index contributed by atoms with van der Waals surface area (Å²) in [5.74, 6) is 0. The third-order valence-electron chi connectivity index (χ3n) is 2.74. The highest BCUT2D eigenvalue weighted by molar-refractivity contribution is 4.81. The fourth-order valence-electron chi connectivity index (χ4n) is 1.80. The largest absolute Gasteiger partial charge is 0.393 e. The fraction of sp³-hybridized carbons (Fsp3) is 0.900. The number of aliphatic hydroxyl groups is 1. The van der Waals surface area contributed by atoms with E-state index in [1.165, 1.54) is 0 Å². The summed E-state index contributed by atoms with van der Waals surface area (Å²) in [6.07, 6.45) is 3.29. The molecule has 13 heavy (non-hydrogen) atoms. The van der Waals surface area contributed by atoms with Gasteiger partial charge in [0.25, 0.3) is 0 Å². The molecule has 0 aliphatic carbocycles. The van der Waals surface area contributed by atoms with Crippen molar-refractivity contribution in [2.75, 3.05) is 13.1 Å². The third kappa shape index (κ3) is 3.33. The molecule has 0 saturated carbocycles. The normalized spacial score (nSPS) is 27.6. The zero-order valence-corrected chi connectivity index (χ0v) is 8.24. The second kappa shape index (κ2) is 5.21. The van der Waals surface area contributed by atoms with Gasteiger partial charge in [-0.15, -0.1) is 0 Å². The van der Waals surface area contributed by atoms with Gasteiger partial charge in [-0.1, -0.05) is 0 Å². The van der Waals surface area contributed by atoms with Crippen molar-refractivity contribution in [1.29, 1.82) is 5.26 Å². The first-order valence-corrected chi connectivity index (χ1v) is 5.03. The Morgan fingerprint density at radius 3 is 3.00 bits per heavy atom. The summed E-state index contributed by atoms with van der Waals surface area (Å²) < 4.78 is 0. The molecule has 1 saturated heterocycles. The first-order valence-electron chi connectivity index (χ1n) is 5.03. The quantitative estimate of drug-likeness (QED) is 0.696. The molecule has 1 heterocycles. The first-order chi connectivity index (χ1) is 6.24. The highest BCUT2D eigenvalue weighted by Gasteiger charge is 2.18. The number of hydrogen-bond donors (Lipinski definition) is 1. The van der Waals surface area contributed by atoms with Crippen molar-refractivity contribution < 1.29 is 5.11 Å². The molecule has 1 N–H and O–H groups in total. The highest BCUT2D eigenvalue weighted by Crippen LogP contribution is 2.14. The van der Waals surface area contributed by atoms with E-state index < -0.39 is 0 Å². The summed E-state index contributed by atoms with van der Waals surface area (Å²) in [7, 11) is 0. The molecule has 1 rings (SSSR count). The Bertz CT molecular complexity index is 188. The van der Waals surface area contributed by atoms with Gasteiger partial charge in [-0.3, -0.25) is 4.90 Å². The van der Waals surface area contributed by atoms with Gasteiger partial charge in [-0.25, -0.2) is 0 Å². The van der Waals surface area contributed by atoms with Gasteiger partial charge in [0, 0.05) is 12.6 Å². The van der Waals surface area contributed by atoms with Gasteiger partial charge in [0.15, 0.2) is 0 Å². The summed E-state index contributed by atoms with van der Waals surface area (Å²) in [6.45, 7) is 4.05. The van der Waals surface area contributed by atoms with Gasteiger partial charge in [-0.2, -0.15) is 5.26 Å². The first kappa shape index (κ1) is 10.5. The topological polar surface area (TPSA) is 47.3 Å². The average molecular weight is 182 g/mol. The predicted octanol–water partition coefficient (Wildman–Crippen LogP) is 1.14. The summed E-state index contributed by atoms with van der Waals surface area (Å²) in [5, 5.41) is 18.0. The van der Waals surface area contributed by atoms with Crippen LogP contribution in [0.25, 0.3) is 0 Å². The average Bonchev–Trinajstić information content (AvgIpc) is 2.30. The molecule has 2 unspecified atom stereocenters. The van der Waals surface area contributed by atoms with Gasteiger partial charge in [0.2, 0.25) is 0 Å². The van der Waals surface area contributed by atoms with Crippen molar-refractivity contribution in [2.24, 2.45) is 0 Å². The highest BCUT2D eigenvalue weighted by atomic mass is 16.3. The molecule has 0 radical (unpaired) electrons. The summed E-state index contributed by atoms with van der Waals surface area (Å²) in [6, 6.07) is 2.54. The van der Waals surface area contributed by atoms with Crippen molar-refractivity contribution in [3.8, 4) is 6.07 Å². The molecule has 0 aromatic heterocycles. The fourth-order valence-corrected chi connectivity index (χ4v) is 1.80. The Kier molecular flexibility index (Phi) is 4.20. The number of nitrogens with zero attached hydrogens (tertiary/aromatic N) is 2. The maximum absolute atomic E-state index is 9.43. The molecule has 1 aliphatic heterocycles. The van der Waals surface area contributed by atoms with E-state index >= 15 is 0 Å². The summed E-state index contributed by atoms with van der Waals surface area (Å²) in [4.78, 5) is 2.31. The van der Waals surface area contributed by atoms with Crippen LogP contribution in [0.4, 0.5) is 0 Å². The Morgan fingerprint density at radius 1 is 1.54 bits per heavy atom. The molecule has 0 bridgehead atoms. The maximum Gasteiger partial charge on any atom is 0.0638 e. The molecule has 0 aromatic rings. The minimum Gasteiger partial charge on any atom is -0.393 e. The van der Waals surface area contributed by atoms with Crippen molar-refractivity contribution in [3.63, 3.8) is 0 Å².